The lowest BCUT2D eigenvalue weighted by molar-refractivity contribution is 0.293. The Labute approximate surface area is 174 Å². The highest BCUT2D eigenvalue weighted by molar-refractivity contribution is 4.66. The number of hydrogen-bond acceptors (Lipinski definition) is 0. The van der Waals surface area contributed by atoms with Crippen LogP contribution in [0.4, 0.5) is 0 Å². The van der Waals surface area contributed by atoms with E-state index < -0.39 is 0 Å². The Balaban J connectivity index is 3.65. The molecule has 0 aliphatic carbocycles. The molecule has 0 heteroatoms. The maximum absolute atomic E-state index is 2.50. The molecule has 0 unspecified atom stereocenters. The molecule has 0 aromatic heterocycles. The summed E-state index contributed by atoms with van der Waals surface area (Å²) in [5.41, 5.74) is 0. The van der Waals surface area contributed by atoms with E-state index in [1.165, 1.54) is 96.3 Å². The third-order valence-electron chi connectivity index (χ3n) is 6.64. The van der Waals surface area contributed by atoms with Crippen LogP contribution in [0.1, 0.15) is 145 Å². The maximum Gasteiger partial charge on any atom is -0.0438 e. The van der Waals surface area contributed by atoms with Crippen LogP contribution in [0.15, 0.2) is 0 Å². The smallest absolute Gasteiger partial charge is 0.0438 e. The lowest BCUT2D eigenvalue weighted by Crippen LogP contribution is -2.10. The quantitative estimate of drug-likeness (QED) is 0.195. The van der Waals surface area contributed by atoms with Gasteiger partial charge in [-0.15, -0.1) is 0 Å². The zero-order valence-electron chi connectivity index (χ0n) is 20.5. The minimum atomic E-state index is 0.909. The predicted molar refractivity (Wildman–Crippen MR) is 126 cm³/mol. The summed E-state index contributed by atoms with van der Waals surface area (Å²) < 4.78 is 0. The van der Waals surface area contributed by atoms with Crippen molar-refractivity contribution in [3.05, 3.63) is 0 Å². The van der Waals surface area contributed by atoms with Gasteiger partial charge in [-0.05, 0) is 48.9 Å². The minimum Gasteiger partial charge on any atom is -0.0654 e. The summed E-state index contributed by atoms with van der Waals surface area (Å²) >= 11 is 0. The molecule has 164 valence electrons. The first-order valence-corrected chi connectivity index (χ1v) is 12.9. The van der Waals surface area contributed by atoms with Crippen LogP contribution in [0.3, 0.4) is 0 Å². The van der Waals surface area contributed by atoms with Crippen molar-refractivity contribution >= 4 is 0 Å². The first-order chi connectivity index (χ1) is 12.9. The van der Waals surface area contributed by atoms with Crippen LogP contribution < -0.4 is 0 Å². The van der Waals surface area contributed by atoms with Crippen molar-refractivity contribution < 1.29 is 0 Å². The van der Waals surface area contributed by atoms with E-state index in [4.69, 9.17) is 0 Å². The van der Waals surface area contributed by atoms with Crippen molar-refractivity contribution in [1.82, 2.24) is 0 Å². The van der Waals surface area contributed by atoms with Gasteiger partial charge in [0.05, 0.1) is 0 Å². The van der Waals surface area contributed by atoms with Crippen molar-refractivity contribution in [2.75, 3.05) is 0 Å². The topological polar surface area (TPSA) is 0 Å². The highest BCUT2D eigenvalue weighted by Crippen LogP contribution is 2.27. The Morgan fingerprint density at radius 1 is 0.370 bits per heavy atom. The minimum absolute atomic E-state index is 0.909. The Kier molecular flexibility index (Phi) is 18.1. The molecule has 0 aromatic rings. The molecule has 0 aliphatic heterocycles. The van der Waals surface area contributed by atoms with Crippen LogP contribution >= 0.6 is 0 Å². The van der Waals surface area contributed by atoms with Crippen molar-refractivity contribution in [1.29, 1.82) is 0 Å². The maximum atomic E-state index is 2.50. The molecule has 0 N–H and O–H groups in total. The first kappa shape index (κ1) is 27.0. The lowest BCUT2D eigenvalue weighted by atomic mass is 9.83. The Hall–Kier alpha value is 0. The largest absolute Gasteiger partial charge is 0.0654 e. The molecule has 0 heterocycles. The monoisotopic (exact) mass is 380 g/mol. The molecule has 27 heavy (non-hydrogen) atoms. The second-order valence-corrected chi connectivity index (χ2v) is 10.5. The van der Waals surface area contributed by atoms with E-state index >= 15 is 0 Å². The fourth-order valence-electron chi connectivity index (χ4n) is 5.21. The molecule has 0 rings (SSSR count). The van der Waals surface area contributed by atoms with Gasteiger partial charge < -0.3 is 0 Å². The van der Waals surface area contributed by atoms with Gasteiger partial charge in [0.25, 0.3) is 0 Å². The van der Waals surface area contributed by atoms with Crippen LogP contribution in [0.2, 0.25) is 0 Å². The summed E-state index contributed by atoms with van der Waals surface area (Å²) in [5.74, 6) is 4.62. The van der Waals surface area contributed by atoms with Gasteiger partial charge in [-0.25, -0.2) is 0 Å². The summed E-state index contributed by atoms with van der Waals surface area (Å²) in [5, 5.41) is 0. The zero-order valence-corrected chi connectivity index (χ0v) is 20.5. The summed E-state index contributed by atoms with van der Waals surface area (Å²) in [7, 11) is 0. The molecule has 0 aliphatic rings. The zero-order chi connectivity index (χ0) is 20.5. The van der Waals surface area contributed by atoms with Crippen molar-refractivity contribution in [2.24, 2.45) is 29.6 Å². The number of unbranched alkanes of at least 4 members (excludes halogenated alkanes) is 5. The fraction of sp³-hybridized carbons (Fsp3) is 1.00. The van der Waals surface area contributed by atoms with E-state index in [9.17, 15) is 0 Å². The average Bonchev–Trinajstić information content (AvgIpc) is 2.58. The molecule has 0 nitrogen and oxygen atoms in total. The van der Waals surface area contributed by atoms with Crippen molar-refractivity contribution in [2.45, 2.75) is 145 Å². The molecule has 0 radical (unpaired) electrons. The van der Waals surface area contributed by atoms with Crippen LogP contribution in [0.5, 0.6) is 0 Å². The van der Waals surface area contributed by atoms with Gasteiger partial charge in [0.15, 0.2) is 0 Å². The molecule has 0 saturated carbocycles. The third-order valence-corrected chi connectivity index (χ3v) is 6.64. The highest BCUT2D eigenvalue weighted by atomic mass is 14.2. The van der Waals surface area contributed by atoms with E-state index in [-0.39, 0.29) is 0 Å². The van der Waals surface area contributed by atoms with Crippen molar-refractivity contribution in [3.63, 3.8) is 0 Å². The normalized spacial score (nSPS) is 17.4. The molecule has 0 amide bonds. The second kappa shape index (κ2) is 18.1. The van der Waals surface area contributed by atoms with E-state index in [0.29, 0.717) is 0 Å². The van der Waals surface area contributed by atoms with Gasteiger partial charge in [-0.2, -0.15) is 0 Å². The lowest BCUT2D eigenvalue weighted by Gasteiger charge is -2.23. The molecular formula is C27H56. The third kappa shape index (κ3) is 17.8. The fourth-order valence-corrected chi connectivity index (χ4v) is 5.21. The molecule has 0 fully saturated rings. The molecule has 0 bridgehead atoms. The number of rotatable bonds is 19. The van der Waals surface area contributed by atoms with Crippen molar-refractivity contribution in [3.8, 4) is 0 Å². The molecule has 0 saturated heterocycles. The van der Waals surface area contributed by atoms with Crippen LogP contribution in [0.25, 0.3) is 0 Å². The SMILES string of the molecule is CCCCCC[C@H](C)CCCCC[C@H](C)C[C@@H](C)C[C@@H](C)C[C@@H](C)CCC. The van der Waals surface area contributed by atoms with Crippen LogP contribution in [-0.2, 0) is 0 Å². The van der Waals surface area contributed by atoms with Gasteiger partial charge in [0.1, 0.15) is 0 Å². The molecule has 5 atom stereocenters. The van der Waals surface area contributed by atoms with Gasteiger partial charge in [-0.1, -0.05) is 126 Å². The molecular weight excluding hydrogens is 324 g/mol. The van der Waals surface area contributed by atoms with Gasteiger partial charge in [0.2, 0.25) is 0 Å². The average molecular weight is 381 g/mol. The van der Waals surface area contributed by atoms with E-state index in [2.05, 4.69) is 48.5 Å². The standard InChI is InChI=1S/C27H56/c1-8-10-11-13-17-23(3)18-14-12-15-19-25(5)21-27(7)22-26(6)20-24(4)16-9-2/h23-27H,8-22H2,1-7H3/t23-,24-,25-,26-,27+/m0/s1. The second-order valence-electron chi connectivity index (χ2n) is 10.5. The summed E-state index contributed by atoms with van der Waals surface area (Å²) in [6.45, 7) is 17.0. The van der Waals surface area contributed by atoms with Crippen LogP contribution in [0, 0.1) is 29.6 Å². The first-order valence-electron chi connectivity index (χ1n) is 12.9. The highest BCUT2D eigenvalue weighted by Gasteiger charge is 2.14. The predicted octanol–water partition coefficient (Wildman–Crippen LogP) is 10.1. The molecule has 0 aromatic carbocycles. The van der Waals surface area contributed by atoms with Gasteiger partial charge >= 0.3 is 0 Å². The van der Waals surface area contributed by atoms with E-state index in [0.717, 1.165) is 29.6 Å². The van der Waals surface area contributed by atoms with Gasteiger partial charge in [-0.3, -0.25) is 0 Å². The Morgan fingerprint density at radius 2 is 0.778 bits per heavy atom. The number of hydrogen-bond donors (Lipinski definition) is 0. The van der Waals surface area contributed by atoms with E-state index in [1.807, 2.05) is 0 Å². The summed E-state index contributed by atoms with van der Waals surface area (Å²) in [6, 6.07) is 0. The van der Waals surface area contributed by atoms with E-state index in [1.54, 1.807) is 0 Å². The summed E-state index contributed by atoms with van der Waals surface area (Å²) in [6.07, 6.45) is 21.5. The van der Waals surface area contributed by atoms with Gasteiger partial charge in [0, 0.05) is 0 Å². The molecule has 0 spiro atoms. The van der Waals surface area contributed by atoms with Crippen LogP contribution in [-0.4, -0.2) is 0 Å². The Bertz CT molecular complexity index is 294. The Morgan fingerprint density at radius 3 is 1.26 bits per heavy atom. The summed E-state index contributed by atoms with van der Waals surface area (Å²) in [4.78, 5) is 0.